The smallest absolute Gasteiger partial charge is 0.165 e. The molecule has 2 aliphatic rings. The number of hydrogen-bond acceptors (Lipinski definition) is 8. The van der Waals surface area contributed by atoms with Crippen LogP contribution in [0.4, 0.5) is 5.82 Å². The molecule has 2 aliphatic heterocycles. The van der Waals surface area contributed by atoms with Crippen LogP contribution in [0, 0.1) is 6.92 Å². The molecule has 0 radical (unpaired) electrons. The third kappa shape index (κ3) is 5.30. The zero-order valence-electron chi connectivity index (χ0n) is 20.0. The Morgan fingerprint density at radius 2 is 1.94 bits per heavy atom. The summed E-state index contributed by atoms with van der Waals surface area (Å²) in [5.41, 5.74) is 8.40. The monoisotopic (exact) mass is 494 g/mol. The van der Waals surface area contributed by atoms with Crippen molar-refractivity contribution in [3.05, 3.63) is 58.6 Å². The van der Waals surface area contributed by atoms with Gasteiger partial charge in [0.15, 0.2) is 5.78 Å². The number of morpholine rings is 1. The van der Waals surface area contributed by atoms with Crippen LogP contribution in [0.25, 0.3) is 10.9 Å². The lowest BCUT2D eigenvalue weighted by atomic mass is 9.96. The maximum atomic E-state index is 13.5. The van der Waals surface area contributed by atoms with Crippen molar-refractivity contribution in [3.8, 4) is 0 Å². The second kappa shape index (κ2) is 10.5. The number of Topliss-reactive ketones (excluding diaryl/α,β-unsaturated/α-hetero) is 1. The normalized spacial score (nSPS) is 19.9. The van der Waals surface area contributed by atoms with Gasteiger partial charge in [-0.1, -0.05) is 11.6 Å². The fourth-order valence-corrected chi connectivity index (χ4v) is 5.31. The number of anilines is 1. The summed E-state index contributed by atoms with van der Waals surface area (Å²) < 4.78 is 5.54. The van der Waals surface area contributed by atoms with Gasteiger partial charge in [0.05, 0.1) is 23.8 Å². The molecule has 9 heteroatoms. The van der Waals surface area contributed by atoms with Crippen LogP contribution in [0.15, 0.2) is 36.7 Å². The minimum absolute atomic E-state index is 0.0182. The summed E-state index contributed by atoms with van der Waals surface area (Å²) in [7, 11) is 0. The molecule has 2 fully saturated rings. The van der Waals surface area contributed by atoms with E-state index in [2.05, 4.69) is 19.8 Å². The molecule has 0 spiro atoms. The zero-order valence-corrected chi connectivity index (χ0v) is 20.7. The summed E-state index contributed by atoms with van der Waals surface area (Å²) >= 11 is 6.56. The van der Waals surface area contributed by atoms with Crippen LogP contribution in [-0.4, -0.2) is 71.1 Å². The van der Waals surface area contributed by atoms with Crippen molar-refractivity contribution in [1.82, 2.24) is 19.9 Å². The summed E-state index contributed by atoms with van der Waals surface area (Å²) in [6.45, 7) is 6.55. The lowest BCUT2D eigenvalue weighted by Gasteiger charge is -2.34. The first-order valence-corrected chi connectivity index (χ1v) is 12.6. The number of hydrogen-bond donors (Lipinski definition) is 1. The van der Waals surface area contributed by atoms with E-state index in [4.69, 9.17) is 27.1 Å². The van der Waals surface area contributed by atoms with Gasteiger partial charge in [0, 0.05) is 73.6 Å². The second-order valence-corrected chi connectivity index (χ2v) is 9.75. The number of nitrogens with zero attached hydrogens (tertiary/aromatic N) is 5. The van der Waals surface area contributed by atoms with Gasteiger partial charge in [-0.25, -0.2) is 15.0 Å². The molecule has 0 bridgehead atoms. The van der Waals surface area contributed by atoms with Gasteiger partial charge < -0.3 is 15.4 Å². The fourth-order valence-electron chi connectivity index (χ4n) is 5.04. The topological polar surface area (TPSA) is 97.5 Å². The van der Waals surface area contributed by atoms with Crippen LogP contribution in [0.1, 0.15) is 47.1 Å². The van der Waals surface area contributed by atoms with Gasteiger partial charge in [-0.15, -0.1) is 0 Å². The van der Waals surface area contributed by atoms with Crippen LogP contribution in [-0.2, 0) is 4.74 Å². The minimum Gasteiger partial charge on any atom is -0.379 e. The molecule has 4 heterocycles. The first-order valence-electron chi connectivity index (χ1n) is 12.2. The van der Waals surface area contributed by atoms with Gasteiger partial charge in [-0.3, -0.25) is 9.69 Å². The van der Waals surface area contributed by atoms with E-state index in [1.165, 1.54) is 0 Å². The van der Waals surface area contributed by atoms with Crippen molar-refractivity contribution in [2.24, 2.45) is 5.73 Å². The summed E-state index contributed by atoms with van der Waals surface area (Å²) in [4.78, 5) is 31.7. The Morgan fingerprint density at radius 1 is 1.17 bits per heavy atom. The highest BCUT2D eigenvalue weighted by Gasteiger charge is 2.26. The summed E-state index contributed by atoms with van der Waals surface area (Å²) in [5, 5.41) is 1.25. The lowest BCUT2D eigenvalue weighted by molar-refractivity contribution is 0.0138. The van der Waals surface area contributed by atoms with Gasteiger partial charge in [-0.2, -0.15) is 0 Å². The molecule has 2 aromatic heterocycles. The van der Waals surface area contributed by atoms with Crippen molar-refractivity contribution < 1.29 is 9.53 Å². The van der Waals surface area contributed by atoms with Gasteiger partial charge in [0.2, 0.25) is 0 Å². The quantitative estimate of drug-likeness (QED) is 0.498. The van der Waals surface area contributed by atoms with Gasteiger partial charge >= 0.3 is 0 Å². The molecule has 5 rings (SSSR count). The van der Waals surface area contributed by atoms with E-state index in [1.54, 1.807) is 6.07 Å². The largest absolute Gasteiger partial charge is 0.379 e. The Labute approximate surface area is 210 Å². The number of halogens is 1. The first kappa shape index (κ1) is 24.1. The third-order valence-corrected chi connectivity index (χ3v) is 7.27. The predicted octanol–water partition coefficient (Wildman–Crippen LogP) is 3.56. The molecule has 0 aliphatic carbocycles. The highest BCUT2D eigenvalue weighted by atomic mass is 35.5. The predicted molar refractivity (Wildman–Crippen MR) is 137 cm³/mol. The average Bonchev–Trinajstić information content (AvgIpc) is 3.31. The van der Waals surface area contributed by atoms with Crippen LogP contribution < -0.4 is 10.6 Å². The average molecular weight is 495 g/mol. The fraction of sp³-hybridized carbons (Fsp3) is 0.462. The van der Waals surface area contributed by atoms with Crippen molar-refractivity contribution in [2.75, 3.05) is 44.3 Å². The molecule has 0 saturated carbocycles. The van der Waals surface area contributed by atoms with E-state index < -0.39 is 0 Å². The Balaban J connectivity index is 1.38. The lowest BCUT2D eigenvalue weighted by Crippen LogP contribution is -2.39. The first-order chi connectivity index (χ1) is 17.0. The molecule has 3 aromatic rings. The minimum atomic E-state index is 0.0182. The maximum Gasteiger partial charge on any atom is 0.165 e. The SMILES string of the molecule is Cc1ncc(C(CCC(=O)c2c(Cl)ccc3nc(N4CC[C@H](N)C4)ccc23)N2CCOCC2)cn1. The molecule has 1 aromatic carbocycles. The van der Waals surface area contributed by atoms with Crippen LogP contribution in [0.2, 0.25) is 5.02 Å². The van der Waals surface area contributed by atoms with Gasteiger partial charge in [0.25, 0.3) is 0 Å². The van der Waals surface area contributed by atoms with Gasteiger partial charge in [0.1, 0.15) is 11.6 Å². The molecule has 2 N–H and O–H groups in total. The maximum absolute atomic E-state index is 13.5. The number of aromatic nitrogens is 3. The summed E-state index contributed by atoms with van der Waals surface area (Å²) in [6.07, 6.45) is 5.70. The highest BCUT2D eigenvalue weighted by molar-refractivity contribution is 6.35. The number of ether oxygens (including phenoxy) is 1. The van der Waals surface area contributed by atoms with Crippen molar-refractivity contribution in [1.29, 1.82) is 0 Å². The Hall–Kier alpha value is -2.65. The number of nitrogens with two attached hydrogens (primary N) is 1. The van der Waals surface area contributed by atoms with E-state index in [9.17, 15) is 4.79 Å². The van der Waals surface area contributed by atoms with Crippen LogP contribution in [0.5, 0.6) is 0 Å². The molecule has 1 unspecified atom stereocenters. The van der Waals surface area contributed by atoms with E-state index in [0.717, 1.165) is 60.7 Å². The molecular weight excluding hydrogens is 464 g/mol. The number of carbonyl (C=O) groups is 1. The number of aryl methyl sites for hydroxylation is 1. The summed E-state index contributed by atoms with van der Waals surface area (Å²) in [6, 6.07) is 7.81. The zero-order chi connectivity index (χ0) is 24.4. The number of ketones is 1. The van der Waals surface area contributed by atoms with E-state index in [-0.39, 0.29) is 17.9 Å². The van der Waals surface area contributed by atoms with Crippen LogP contribution >= 0.6 is 11.6 Å². The number of rotatable bonds is 7. The second-order valence-electron chi connectivity index (χ2n) is 9.34. The van der Waals surface area contributed by atoms with Crippen molar-refractivity contribution in [2.45, 2.75) is 38.3 Å². The van der Waals surface area contributed by atoms with E-state index in [0.29, 0.717) is 36.6 Å². The molecule has 2 atom stereocenters. The Bertz CT molecular complexity index is 1200. The standard InChI is InChI=1S/C26H31ClN6O2/c1-17-29-14-18(15-30-17)23(32-10-12-35-13-11-32)5-6-24(34)26-20-2-7-25(33-9-8-19(28)16-33)31-22(20)4-3-21(26)27/h2-4,7,14-15,19,23H,5-6,8-13,16,28H2,1H3/t19-,23?/m0/s1. The molecule has 0 amide bonds. The molecular formula is C26H31ClN6O2. The molecule has 35 heavy (non-hydrogen) atoms. The summed E-state index contributed by atoms with van der Waals surface area (Å²) in [5.74, 6) is 1.64. The van der Waals surface area contributed by atoms with E-state index in [1.807, 2.05) is 37.5 Å². The van der Waals surface area contributed by atoms with E-state index >= 15 is 0 Å². The Kier molecular flexibility index (Phi) is 7.24. The molecule has 184 valence electrons. The van der Waals surface area contributed by atoms with Crippen LogP contribution in [0.3, 0.4) is 0 Å². The number of pyridine rings is 1. The Morgan fingerprint density at radius 3 is 2.66 bits per heavy atom. The number of carbonyl (C=O) groups excluding carboxylic acids is 1. The number of benzene rings is 1. The number of fused-ring (bicyclic) bond motifs is 1. The highest BCUT2D eigenvalue weighted by Crippen LogP contribution is 2.32. The molecule has 8 nitrogen and oxygen atoms in total. The van der Waals surface area contributed by atoms with Gasteiger partial charge in [-0.05, 0) is 44.0 Å². The molecule has 2 saturated heterocycles. The van der Waals surface area contributed by atoms with Crippen molar-refractivity contribution >= 4 is 34.1 Å². The third-order valence-electron chi connectivity index (χ3n) is 6.95. The van der Waals surface area contributed by atoms with Crippen molar-refractivity contribution in [3.63, 3.8) is 0 Å².